The van der Waals surface area contributed by atoms with Gasteiger partial charge in [0, 0.05) is 27.7 Å². The van der Waals surface area contributed by atoms with E-state index in [0.29, 0.717) is 0 Å². The number of hydrogen-bond acceptors (Lipinski definition) is 15. The number of carbonyl (C=O) groups excluding carboxylic acids is 4. The summed E-state index contributed by atoms with van der Waals surface area (Å²) in [6.45, 7) is 8.36. The van der Waals surface area contributed by atoms with Gasteiger partial charge < -0.3 is 52.1 Å². The normalized spacial score (nSPS) is 26.6. The summed E-state index contributed by atoms with van der Waals surface area (Å²) in [6.07, 6.45) is -9.89. The number of carbonyl (C=O) groups is 4. The van der Waals surface area contributed by atoms with Crippen LogP contribution in [-0.4, -0.2) is 105 Å². The van der Waals surface area contributed by atoms with Crippen molar-refractivity contribution in [2.24, 2.45) is 0 Å². The van der Waals surface area contributed by atoms with Crippen LogP contribution in [0.1, 0.15) is 44.4 Å². The Kier molecular flexibility index (Phi) is 17.5. The second-order valence-electron chi connectivity index (χ2n) is 13.8. The number of rotatable bonds is 20. The minimum Gasteiger partial charge on any atom is -0.463 e. The van der Waals surface area contributed by atoms with Crippen LogP contribution in [0.25, 0.3) is 0 Å². The lowest BCUT2D eigenvalue weighted by atomic mass is 9.97. The average molecular weight is 821 g/mol. The van der Waals surface area contributed by atoms with Gasteiger partial charge in [-0.1, -0.05) is 97.1 Å². The van der Waals surface area contributed by atoms with Crippen LogP contribution in [0.15, 0.2) is 104 Å². The Morgan fingerprint density at radius 3 is 1.39 bits per heavy atom. The molecule has 0 saturated carbocycles. The molecule has 10 atom stereocenters. The molecule has 2 aliphatic rings. The Hall–Kier alpha value is -5.00. The van der Waals surface area contributed by atoms with Gasteiger partial charge in [-0.25, -0.2) is 0 Å². The zero-order chi connectivity index (χ0) is 42.1. The Morgan fingerprint density at radius 2 is 0.915 bits per heavy atom. The Labute approximate surface area is 343 Å². The number of esters is 4. The molecule has 2 saturated heterocycles. The summed E-state index contributed by atoms with van der Waals surface area (Å²) in [6, 6.07) is 28.8. The largest absolute Gasteiger partial charge is 0.463 e. The second kappa shape index (κ2) is 23.0. The molecular formula is C44H52O15. The van der Waals surface area contributed by atoms with Crippen LogP contribution < -0.4 is 0 Å². The average Bonchev–Trinajstić information content (AvgIpc) is 3.22. The highest BCUT2D eigenvalue weighted by Gasteiger charge is 2.54. The van der Waals surface area contributed by atoms with Crippen molar-refractivity contribution in [1.82, 2.24) is 0 Å². The van der Waals surface area contributed by atoms with Crippen LogP contribution >= 0.6 is 0 Å². The highest BCUT2D eigenvalue weighted by Crippen LogP contribution is 2.34. The van der Waals surface area contributed by atoms with Crippen molar-refractivity contribution in [2.45, 2.75) is 109 Å². The quantitative estimate of drug-likeness (QED) is 0.0868. The molecule has 0 bridgehead atoms. The summed E-state index contributed by atoms with van der Waals surface area (Å²) in [4.78, 5) is 49.1. The minimum absolute atomic E-state index is 0.101. The van der Waals surface area contributed by atoms with Crippen molar-refractivity contribution < 1.29 is 71.3 Å². The summed E-state index contributed by atoms with van der Waals surface area (Å²) in [7, 11) is 0. The molecule has 3 aromatic carbocycles. The Balaban J connectivity index is 1.51. The second-order valence-corrected chi connectivity index (χ2v) is 13.8. The fourth-order valence-corrected chi connectivity index (χ4v) is 6.69. The molecule has 2 fully saturated rings. The fourth-order valence-electron chi connectivity index (χ4n) is 6.69. The van der Waals surface area contributed by atoms with Crippen LogP contribution in [0.2, 0.25) is 0 Å². The lowest BCUT2D eigenvalue weighted by Crippen LogP contribution is -2.64. The maximum absolute atomic E-state index is 12.5. The van der Waals surface area contributed by atoms with Gasteiger partial charge in [-0.3, -0.25) is 19.2 Å². The molecule has 15 nitrogen and oxygen atoms in total. The molecule has 0 unspecified atom stereocenters. The third kappa shape index (κ3) is 13.8. The minimum atomic E-state index is -1.47. The van der Waals surface area contributed by atoms with Gasteiger partial charge in [0.15, 0.2) is 30.9 Å². The van der Waals surface area contributed by atoms with Crippen molar-refractivity contribution >= 4 is 23.9 Å². The summed E-state index contributed by atoms with van der Waals surface area (Å²) >= 11 is 0. The first-order chi connectivity index (χ1) is 28.5. The maximum atomic E-state index is 12.5. The van der Waals surface area contributed by atoms with E-state index in [-0.39, 0.29) is 33.0 Å². The molecule has 0 aromatic heterocycles. The van der Waals surface area contributed by atoms with Crippen LogP contribution in [0, 0.1) is 0 Å². The third-order valence-corrected chi connectivity index (χ3v) is 9.20. The molecule has 318 valence electrons. The van der Waals surface area contributed by atoms with E-state index in [4.69, 9.17) is 52.1 Å². The van der Waals surface area contributed by atoms with Gasteiger partial charge in [-0.05, 0) is 16.7 Å². The van der Waals surface area contributed by atoms with E-state index >= 15 is 0 Å². The van der Waals surface area contributed by atoms with Gasteiger partial charge in [-0.15, -0.1) is 6.58 Å². The molecule has 0 radical (unpaired) electrons. The van der Waals surface area contributed by atoms with Gasteiger partial charge in [0.05, 0.1) is 33.0 Å². The SMILES string of the molecule is C=CCO[C@H]1O[C@H](CO[C@@H]2O[C@H](COC(C)=O)[C@H](OC(C)=O)[C@H](OC(C)=O)[C@H]2OC(C)=O)[C@H](OCc2ccccc2)[C@H](OCc2ccccc2)[C@H]1OCc1ccccc1. The standard InChI is InChI=1S/C44H52O15/c1-6-22-49-43-41(53-25-34-20-14-9-15-21-34)39(52-24-33-18-12-8-13-19-33)37(51-23-32-16-10-7-11-17-32)35(58-43)27-54-44-42(57-31(5)48)40(56-30(4)47)38(55-29(3)46)36(59-44)26-50-28(2)45/h6-21,35-44H,1,22-27H2,2-5H3/t35-,36-,37+,38+,39+,40+,41-,42-,43+,44-/m1/s1. The summed E-state index contributed by atoms with van der Waals surface area (Å²) in [5, 5.41) is 0. The van der Waals surface area contributed by atoms with Gasteiger partial charge in [0.1, 0.15) is 37.1 Å². The van der Waals surface area contributed by atoms with Crippen molar-refractivity contribution in [3.05, 3.63) is 120 Å². The van der Waals surface area contributed by atoms with Crippen LogP contribution in [0.4, 0.5) is 0 Å². The smallest absolute Gasteiger partial charge is 0.303 e. The molecular weight excluding hydrogens is 768 g/mol. The Bertz CT molecular complexity index is 1770. The highest BCUT2D eigenvalue weighted by atomic mass is 16.8. The van der Waals surface area contributed by atoms with E-state index in [9.17, 15) is 19.2 Å². The van der Waals surface area contributed by atoms with E-state index in [1.807, 2.05) is 91.0 Å². The number of ether oxygens (including phenoxy) is 11. The summed E-state index contributed by atoms with van der Waals surface area (Å²) in [5.74, 6) is -2.95. The molecule has 59 heavy (non-hydrogen) atoms. The predicted octanol–water partition coefficient (Wildman–Crippen LogP) is 4.77. The van der Waals surface area contributed by atoms with Crippen molar-refractivity contribution in [1.29, 1.82) is 0 Å². The van der Waals surface area contributed by atoms with E-state index in [1.54, 1.807) is 6.08 Å². The summed E-state index contributed by atoms with van der Waals surface area (Å²) in [5.41, 5.74) is 2.68. The molecule has 0 N–H and O–H groups in total. The monoisotopic (exact) mass is 820 g/mol. The van der Waals surface area contributed by atoms with Crippen LogP contribution in [-0.2, 0) is 91.1 Å². The van der Waals surface area contributed by atoms with Crippen molar-refractivity contribution in [3.63, 3.8) is 0 Å². The lowest BCUT2D eigenvalue weighted by molar-refractivity contribution is -0.344. The van der Waals surface area contributed by atoms with E-state index in [0.717, 1.165) is 37.5 Å². The molecule has 0 aliphatic carbocycles. The number of benzene rings is 3. The zero-order valence-corrected chi connectivity index (χ0v) is 33.6. The van der Waals surface area contributed by atoms with Gasteiger partial charge >= 0.3 is 23.9 Å². The molecule has 3 aromatic rings. The molecule has 2 heterocycles. The maximum Gasteiger partial charge on any atom is 0.303 e. The van der Waals surface area contributed by atoms with Gasteiger partial charge in [-0.2, -0.15) is 0 Å². The molecule has 15 heteroatoms. The molecule has 0 spiro atoms. The van der Waals surface area contributed by atoms with E-state index in [1.165, 1.54) is 6.92 Å². The van der Waals surface area contributed by atoms with E-state index < -0.39 is 91.9 Å². The van der Waals surface area contributed by atoms with Crippen LogP contribution in [0.5, 0.6) is 0 Å². The molecule has 0 amide bonds. The first kappa shape index (κ1) is 45.1. The molecule has 5 rings (SSSR count). The fraction of sp³-hybridized carbons (Fsp3) is 0.455. The van der Waals surface area contributed by atoms with Crippen molar-refractivity contribution in [2.75, 3.05) is 19.8 Å². The first-order valence-corrected chi connectivity index (χ1v) is 19.3. The topological polar surface area (TPSA) is 170 Å². The van der Waals surface area contributed by atoms with Crippen LogP contribution in [0.3, 0.4) is 0 Å². The van der Waals surface area contributed by atoms with Gasteiger partial charge in [0.25, 0.3) is 0 Å². The van der Waals surface area contributed by atoms with E-state index in [2.05, 4.69) is 6.58 Å². The third-order valence-electron chi connectivity index (χ3n) is 9.20. The summed E-state index contributed by atoms with van der Waals surface area (Å²) < 4.78 is 67.4. The zero-order valence-electron chi connectivity index (χ0n) is 33.6. The lowest BCUT2D eigenvalue weighted by Gasteiger charge is -2.47. The van der Waals surface area contributed by atoms with Gasteiger partial charge in [0.2, 0.25) is 0 Å². The molecule has 2 aliphatic heterocycles. The van der Waals surface area contributed by atoms with Crippen molar-refractivity contribution in [3.8, 4) is 0 Å². The predicted molar refractivity (Wildman–Crippen MR) is 208 cm³/mol. The Morgan fingerprint density at radius 1 is 0.492 bits per heavy atom. The first-order valence-electron chi connectivity index (χ1n) is 19.3. The number of hydrogen-bond donors (Lipinski definition) is 0. The highest BCUT2D eigenvalue weighted by molar-refractivity contribution is 5.68.